The van der Waals surface area contributed by atoms with Crippen LogP contribution in [0.2, 0.25) is 0 Å². The summed E-state index contributed by atoms with van der Waals surface area (Å²) >= 11 is 0. The van der Waals surface area contributed by atoms with Gasteiger partial charge in [0.25, 0.3) is 0 Å². The predicted octanol–water partition coefficient (Wildman–Crippen LogP) is 3.57. The van der Waals surface area contributed by atoms with Crippen molar-refractivity contribution in [3.05, 3.63) is 35.5 Å². The maximum atomic E-state index is 5.66. The lowest BCUT2D eigenvalue weighted by molar-refractivity contribution is 0.110. The van der Waals surface area contributed by atoms with Crippen molar-refractivity contribution in [3.8, 4) is 0 Å². The third-order valence-corrected chi connectivity index (χ3v) is 4.48. The zero-order valence-corrected chi connectivity index (χ0v) is 13.4. The summed E-state index contributed by atoms with van der Waals surface area (Å²) in [5.74, 6) is 0.574. The topological polar surface area (TPSA) is 26.2 Å². The number of fused-ring (bicyclic) bond motifs is 1. The first-order chi connectivity index (χ1) is 10.1. The summed E-state index contributed by atoms with van der Waals surface area (Å²) in [5, 5.41) is 4.91. The summed E-state index contributed by atoms with van der Waals surface area (Å²) in [6.07, 6.45) is 5.06. The first-order valence-corrected chi connectivity index (χ1v) is 8.05. The second-order valence-electron chi connectivity index (χ2n) is 6.46. The van der Waals surface area contributed by atoms with Gasteiger partial charge >= 0.3 is 0 Å². The van der Waals surface area contributed by atoms with E-state index in [1.807, 2.05) is 0 Å². The van der Waals surface area contributed by atoms with E-state index < -0.39 is 0 Å². The van der Waals surface area contributed by atoms with Gasteiger partial charge in [0.1, 0.15) is 0 Å². The Balaban J connectivity index is 1.73. The lowest BCUT2D eigenvalue weighted by Crippen LogP contribution is -2.25. The molecule has 1 aliphatic rings. The van der Waals surface area contributed by atoms with Gasteiger partial charge in [-0.1, -0.05) is 26.0 Å². The Bertz CT molecular complexity index is 609. The van der Waals surface area contributed by atoms with Crippen LogP contribution in [0.4, 0.5) is 0 Å². The lowest BCUT2D eigenvalue weighted by atomic mass is 10.0. The molecule has 2 heterocycles. The van der Waals surface area contributed by atoms with Gasteiger partial charge in [-0.05, 0) is 36.0 Å². The normalized spacial score (nSPS) is 19.0. The van der Waals surface area contributed by atoms with Gasteiger partial charge in [0.15, 0.2) is 0 Å². The predicted molar refractivity (Wildman–Crippen MR) is 87.7 cm³/mol. The van der Waals surface area contributed by atoms with Crippen LogP contribution in [0.25, 0.3) is 10.9 Å². The van der Waals surface area contributed by atoms with Crippen molar-refractivity contribution in [1.29, 1.82) is 0 Å². The van der Waals surface area contributed by atoms with Gasteiger partial charge in [0.2, 0.25) is 0 Å². The molecule has 0 radical (unpaired) electrons. The van der Waals surface area contributed by atoms with Gasteiger partial charge < -0.3 is 14.6 Å². The van der Waals surface area contributed by atoms with E-state index in [0.717, 1.165) is 19.7 Å². The fraction of sp³-hybridized carbons (Fsp3) is 0.556. The molecule has 0 bridgehead atoms. The first-order valence-electron chi connectivity index (χ1n) is 8.05. The molecule has 1 saturated heterocycles. The minimum atomic E-state index is 0.410. The number of nitrogens with one attached hydrogen (secondary N) is 1. The van der Waals surface area contributed by atoms with Gasteiger partial charge in [-0.3, -0.25) is 0 Å². The Morgan fingerprint density at radius 3 is 2.95 bits per heavy atom. The van der Waals surface area contributed by atoms with Crippen LogP contribution in [0.5, 0.6) is 0 Å². The minimum absolute atomic E-state index is 0.410. The van der Waals surface area contributed by atoms with Crippen LogP contribution in [-0.2, 0) is 18.3 Å². The molecule has 2 aromatic rings. The molecule has 1 aromatic carbocycles. The summed E-state index contributed by atoms with van der Waals surface area (Å²) in [7, 11) is 2.13. The molecule has 3 nitrogen and oxygen atoms in total. The van der Waals surface area contributed by atoms with E-state index in [0.29, 0.717) is 12.0 Å². The Kier molecular flexibility index (Phi) is 4.32. The molecule has 1 N–H and O–H groups in total. The molecule has 0 amide bonds. The van der Waals surface area contributed by atoms with Crippen molar-refractivity contribution < 1.29 is 4.74 Å². The van der Waals surface area contributed by atoms with Crippen LogP contribution in [0, 0.1) is 0 Å². The Morgan fingerprint density at radius 2 is 2.24 bits per heavy atom. The molecule has 0 aliphatic carbocycles. The standard InChI is InChI=1S/C18H26N2O/c1-13(2)14-6-7-17-15(12-20(3)18(17)9-14)10-19-11-16-5-4-8-21-16/h6-7,9,12-13,16,19H,4-5,8,10-11H2,1-3H3. The van der Waals surface area contributed by atoms with E-state index in [1.54, 1.807) is 0 Å². The number of hydrogen-bond donors (Lipinski definition) is 1. The van der Waals surface area contributed by atoms with E-state index >= 15 is 0 Å². The summed E-state index contributed by atoms with van der Waals surface area (Å²) in [6.45, 7) is 7.29. The molecule has 1 fully saturated rings. The summed E-state index contributed by atoms with van der Waals surface area (Å²) in [5.41, 5.74) is 4.11. The molecular formula is C18H26N2O. The van der Waals surface area contributed by atoms with Crippen LogP contribution < -0.4 is 5.32 Å². The number of nitrogens with zero attached hydrogens (tertiary/aromatic N) is 1. The molecule has 1 unspecified atom stereocenters. The smallest absolute Gasteiger partial charge is 0.0700 e. The molecule has 0 saturated carbocycles. The third-order valence-electron chi connectivity index (χ3n) is 4.48. The number of aromatic nitrogens is 1. The second-order valence-corrected chi connectivity index (χ2v) is 6.46. The number of aryl methyl sites for hydroxylation is 1. The van der Waals surface area contributed by atoms with Gasteiger partial charge in [-0.2, -0.15) is 0 Å². The SMILES string of the molecule is CC(C)c1ccc2c(CNCC3CCCO3)cn(C)c2c1. The average Bonchev–Trinajstić information content (AvgIpc) is 3.08. The Labute approximate surface area is 127 Å². The summed E-state index contributed by atoms with van der Waals surface area (Å²) in [4.78, 5) is 0. The molecule has 21 heavy (non-hydrogen) atoms. The largest absolute Gasteiger partial charge is 0.377 e. The highest BCUT2D eigenvalue weighted by atomic mass is 16.5. The third kappa shape index (κ3) is 3.14. The van der Waals surface area contributed by atoms with E-state index in [-0.39, 0.29) is 0 Å². The zero-order chi connectivity index (χ0) is 14.8. The van der Waals surface area contributed by atoms with Crippen LogP contribution in [0.15, 0.2) is 24.4 Å². The van der Waals surface area contributed by atoms with Crippen molar-refractivity contribution in [2.45, 2.75) is 45.3 Å². The second kappa shape index (κ2) is 6.20. The fourth-order valence-corrected chi connectivity index (χ4v) is 3.16. The quantitative estimate of drug-likeness (QED) is 0.909. The molecular weight excluding hydrogens is 260 g/mol. The summed E-state index contributed by atoms with van der Waals surface area (Å²) < 4.78 is 7.90. The van der Waals surface area contributed by atoms with Gasteiger partial charge in [-0.25, -0.2) is 0 Å². The average molecular weight is 286 g/mol. The first kappa shape index (κ1) is 14.6. The zero-order valence-electron chi connectivity index (χ0n) is 13.4. The molecule has 3 heteroatoms. The van der Waals surface area contributed by atoms with Crippen molar-refractivity contribution in [1.82, 2.24) is 9.88 Å². The minimum Gasteiger partial charge on any atom is -0.377 e. The number of rotatable bonds is 5. The highest BCUT2D eigenvalue weighted by Gasteiger charge is 2.15. The monoisotopic (exact) mass is 286 g/mol. The van der Waals surface area contributed by atoms with E-state index in [9.17, 15) is 0 Å². The maximum absolute atomic E-state index is 5.66. The van der Waals surface area contributed by atoms with Gasteiger partial charge in [0.05, 0.1) is 6.10 Å². The molecule has 1 atom stereocenters. The van der Waals surface area contributed by atoms with Crippen LogP contribution in [-0.4, -0.2) is 23.8 Å². The van der Waals surface area contributed by atoms with Crippen LogP contribution in [0.3, 0.4) is 0 Å². The number of hydrogen-bond acceptors (Lipinski definition) is 2. The van der Waals surface area contributed by atoms with E-state index in [2.05, 4.69) is 55.2 Å². The van der Waals surface area contributed by atoms with Crippen LogP contribution in [0.1, 0.15) is 43.7 Å². The van der Waals surface area contributed by atoms with Gasteiger partial charge in [-0.15, -0.1) is 0 Å². The van der Waals surface area contributed by atoms with Gasteiger partial charge in [0, 0.05) is 43.8 Å². The fourth-order valence-electron chi connectivity index (χ4n) is 3.16. The number of benzene rings is 1. The van der Waals surface area contributed by atoms with Crippen molar-refractivity contribution in [2.75, 3.05) is 13.2 Å². The Hall–Kier alpha value is -1.32. The molecule has 3 rings (SSSR count). The van der Waals surface area contributed by atoms with E-state index in [4.69, 9.17) is 4.74 Å². The van der Waals surface area contributed by atoms with E-state index in [1.165, 1.54) is 34.9 Å². The number of ether oxygens (including phenoxy) is 1. The highest BCUT2D eigenvalue weighted by molar-refractivity contribution is 5.84. The molecule has 0 spiro atoms. The van der Waals surface area contributed by atoms with Crippen molar-refractivity contribution in [3.63, 3.8) is 0 Å². The molecule has 1 aliphatic heterocycles. The molecule has 1 aromatic heterocycles. The highest BCUT2D eigenvalue weighted by Crippen LogP contribution is 2.25. The van der Waals surface area contributed by atoms with Crippen molar-refractivity contribution in [2.24, 2.45) is 7.05 Å². The summed E-state index contributed by atoms with van der Waals surface area (Å²) in [6, 6.07) is 6.86. The lowest BCUT2D eigenvalue weighted by Gasteiger charge is -2.10. The van der Waals surface area contributed by atoms with Crippen molar-refractivity contribution >= 4 is 10.9 Å². The van der Waals surface area contributed by atoms with Crippen LogP contribution >= 0.6 is 0 Å². The maximum Gasteiger partial charge on any atom is 0.0700 e. The Morgan fingerprint density at radius 1 is 1.38 bits per heavy atom. The molecule has 114 valence electrons.